The monoisotopic (exact) mass is 691 g/mol. The van der Waals surface area contributed by atoms with Gasteiger partial charge in [0.25, 0.3) is 0 Å². The number of furan rings is 2. The third kappa shape index (κ3) is 4.90. The smallest absolute Gasteiger partial charge is 0.164 e. The maximum absolute atomic E-state index is 6.63. The quantitative estimate of drug-likeness (QED) is 0.180. The second kappa shape index (κ2) is 12.1. The Morgan fingerprint density at radius 3 is 1.65 bits per heavy atom. The molecular formula is C49H29N3O2. The molecule has 3 heterocycles. The Hall–Kier alpha value is -7.37. The lowest BCUT2D eigenvalue weighted by Crippen LogP contribution is -2.00. The van der Waals surface area contributed by atoms with Crippen LogP contribution in [0.3, 0.4) is 0 Å². The van der Waals surface area contributed by atoms with Gasteiger partial charge in [0, 0.05) is 43.6 Å². The zero-order valence-electron chi connectivity index (χ0n) is 28.9. The minimum atomic E-state index is 0.589. The third-order valence-corrected chi connectivity index (χ3v) is 10.4. The fraction of sp³-hybridized carbons (Fsp3) is 0. The van der Waals surface area contributed by atoms with E-state index in [-0.39, 0.29) is 0 Å². The summed E-state index contributed by atoms with van der Waals surface area (Å²) < 4.78 is 13.0. The van der Waals surface area contributed by atoms with Crippen LogP contribution in [0.4, 0.5) is 0 Å². The average Bonchev–Trinajstić information content (AvgIpc) is 3.82. The van der Waals surface area contributed by atoms with Crippen LogP contribution in [0.5, 0.6) is 0 Å². The first-order valence-corrected chi connectivity index (χ1v) is 18.0. The van der Waals surface area contributed by atoms with Crippen molar-refractivity contribution >= 4 is 54.6 Å². The van der Waals surface area contributed by atoms with E-state index in [0.717, 1.165) is 93.6 Å². The van der Waals surface area contributed by atoms with Crippen LogP contribution in [0.15, 0.2) is 185 Å². The van der Waals surface area contributed by atoms with Gasteiger partial charge in [-0.3, -0.25) is 0 Å². The molecule has 0 bridgehead atoms. The Labute approximate surface area is 309 Å². The second-order valence-corrected chi connectivity index (χ2v) is 13.6. The van der Waals surface area contributed by atoms with Crippen molar-refractivity contribution in [3.8, 4) is 56.4 Å². The number of rotatable bonds is 5. The van der Waals surface area contributed by atoms with Crippen LogP contribution < -0.4 is 0 Å². The highest BCUT2D eigenvalue weighted by molar-refractivity contribution is 6.20. The van der Waals surface area contributed by atoms with E-state index in [0.29, 0.717) is 17.5 Å². The van der Waals surface area contributed by atoms with Gasteiger partial charge in [0.1, 0.15) is 22.3 Å². The number of fused-ring (bicyclic) bond motifs is 8. The Morgan fingerprint density at radius 1 is 0.296 bits per heavy atom. The summed E-state index contributed by atoms with van der Waals surface area (Å²) in [5.74, 6) is 1.81. The van der Waals surface area contributed by atoms with Crippen LogP contribution in [-0.4, -0.2) is 15.0 Å². The van der Waals surface area contributed by atoms with Crippen LogP contribution in [0, 0.1) is 0 Å². The minimum Gasteiger partial charge on any atom is -0.456 e. The lowest BCUT2D eigenvalue weighted by molar-refractivity contribution is 0.669. The maximum atomic E-state index is 6.63. The fourth-order valence-corrected chi connectivity index (χ4v) is 7.75. The number of hydrogen-bond donors (Lipinski definition) is 0. The van der Waals surface area contributed by atoms with Crippen LogP contribution in [0.2, 0.25) is 0 Å². The summed E-state index contributed by atoms with van der Waals surface area (Å²) in [7, 11) is 0. The summed E-state index contributed by atoms with van der Waals surface area (Å²) in [6.45, 7) is 0. The summed E-state index contributed by atoms with van der Waals surface area (Å²) in [5.41, 5.74) is 10.6. The highest BCUT2D eigenvalue weighted by atomic mass is 16.3. The molecule has 11 aromatic rings. The van der Waals surface area contributed by atoms with Crippen LogP contribution in [0.1, 0.15) is 0 Å². The molecule has 0 unspecified atom stereocenters. The van der Waals surface area contributed by atoms with Gasteiger partial charge in [0.15, 0.2) is 17.5 Å². The van der Waals surface area contributed by atoms with E-state index in [4.69, 9.17) is 23.8 Å². The maximum Gasteiger partial charge on any atom is 0.164 e. The molecule has 54 heavy (non-hydrogen) atoms. The molecule has 0 aliphatic heterocycles. The molecule has 0 N–H and O–H groups in total. The van der Waals surface area contributed by atoms with Gasteiger partial charge in [-0.05, 0) is 58.0 Å². The Morgan fingerprint density at radius 2 is 0.870 bits per heavy atom. The van der Waals surface area contributed by atoms with Crippen LogP contribution in [0.25, 0.3) is 111 Å². The molecule has 11 rings (SSSR count). The molecule has 0 aliphatic rings. The van der Waals surface area contributed by atoms with Crippen molar-refractivity contribution in [3.63, 3.8) is 0 Å². The molecule has 0 amide bonds. The Kier molecular flexibility index (Phi) is 6.79. The molecule has 0 aliphatic carbocycles. The van der Waals surface area contributed by atoms with Crippen molar-refractivity contribution in [2.75, 3.05) is 0 Å². The van der Waals surface area contributed by atoms with E-state index in [1.807, 2.05) is 60.7 Å². The van der Waals surface area contributed by atoms with Gasteiger partial charge in [-0.1, -0.05) is 146 Å². The molecule has 252 valence electrons. The molecule has 3 aromatic heterocycles. The summed E-state index contributed by atoms with van der Waals surface area (Å²) >= 11 is 0. The predicted molar refractivity (Wildman–Crippen MR) is 219 cm³/mol. The highest BCUT2D eigenvalue weighted by Gasteiger charge is 2.20. The van der Waals surface area contributed by atoms with Gasteiger partial charge in [0.05, 0.1) is 0 Å². The number of aromatic nitrogens is 3. The zero-order chi connectivity index (χ0) is 35.6. The minimum absolute atomic E-state index is 0.589. The standard InChI is InChI=1S/C49H29N3O2/c1-3-12-30(13-4-1)31-22-24-33(25-23-31)48-50-47(32-14-5-2-6-15-32)51-49(52-48)39-19-11-21-43-45(39)38-27-26-34(28-44(38)53-43)40-29-41-36-17-9-10-20-42(36)54-46(41)37-18-8-7-16-35(37)40/h1-29H. The molecule has 5 heteroatoms. The third-order valence-electron chi connectivity index (χ3n) is 10.4. The van der Waals surface area contributed by atoms with E-state index in [1.54, 1.807) is 0 Å². The van der Waals surface area contributed by atoms with Crippen molar-refractivity contribution in [1.82, 2.24) is 15.0 Å². The highest BCUT2D eigenvalue weighted by Crippen LogP contribution is 2.42. The van der Waals surface area contributed by atoms with Gasteiger partial charge in [-0.15, -0.1) is 0 Å². The summed E-state index contributed by atoms with van der Waals surface area (Å²) in [4.78, 5) is 15.2. The molecule has 0 saturated carbocycles. The van der Waals surface area contributed by atoms with Gasteiger partial charge >= 0.3 is 0 Å². The molecule has 0 fully saturated rings. The topological polar surface area (TPSA) is 65.0 Å². The first-order chi connectivity index (χ1) is 26.7. The fourth-order valence-electron chi connectivity index (χ4n) is 7.75. The molecule has 0 saturated heterocycles. The van der Waals surface area contributed by atoms with E-state index in [2.05, 4.69) is 115 Å². The zero-order valence-corrected chi connectivity index (χ0v) is 28.9. The predicted octanol–water partition coefficient (Wildman–Crippen LogP) is 13.2. The van der Waals surface area contributed by atoms with Gasteiger partial charge in [-0.25, -0.2) is 15.0 Å². The van der Waals surface area contributed by atoms with E-state index >= 15 is 0 Å². The van der Waals surface area contributed by atoms with Gasteiger partial charge in [0.2, 0.25) is 0 Å². The molecule has 0 atom stereocenters. The van der Waals surface area contributed by atoms with Crippen LogP contribution >= 0.6 is 0 Å². The summed E-state index contributed by atoms with van der Waals surface area (Å²) in [6, 6.07) is 60.4. The molecular weight excluding hydrogens is 663 g/mol. The Balaban J connectivity index is 1.08. The summed E-state index contributed by atoms with van der Waals surface area (Å²) in [5, 5.41) is 6.38. The summed E-state index contributed by atoms with van der Waals surface area (Å²) in [6.07, 6.45) is 0. The molecule has 8 aromatic carbocycles. The SMILES string of the molecule is c1ccc(-c2ccc(-c3nc(-c4ccccc4)nc(-c4cccc5oc6cc(-c7cc8c9ccccc9oc8c8ccccc78)ccc6c45)n3)cc2)cc1. The first kappa shape index (κ1) is 30.3. The molecule has 0 radical (unpaired) electrons. The van der Waals surface area contributed by atoms with Crippen molar-refractivity contribution in [2.45, 2.75) is 0 Å². The van der Waals surface area contributed by atoms with Crippen molar-refractivity contribution in [1.29, 1.82) is 0 Å². The van der Waals surface area contributed by atoms with E-state index in [1.165, 1.54) is 0 Å². The van der Waals surface area contributed by atoms with Crippen molar-refractivity contribution in [3.05, 3.63) is 176 Å². The van der Waals surface area contributed by atoms with Crippen molar-refractivity contribution in [2.24, 2.45) is 0 Å². The normalized spacial score (nSPS) is 11.7. The van der Waals surface area contributed by atoms with Crippen LogP contribution in [-0.2, 0) is 0 Å². The molecule has 5 nitrogen and oxygen atoms in total. The van der Waals surface area contributed by atoms with E-state index < -0.39 is 0 Å². The molecule has 0 spiro atoms. The largest absolute Gasteiger partial charge is 0.456 e. The van der Waals surface area contributed by atoms with Gasteiger partial charge < -0.3 is 8.83 Å². The van der Waals surface area contributed by atoms with E-state index in [9.17, 15) is 0 Å². The lowest BCUT2D eigenvalue weighted by Gasteiger charge is -2.10. The number of para-hydroxylation sites is 1. The number of nitrogens with zero attached hydrogens (tertiary/aromatic N) is 3. The van der Waals surface area contributed by atoms with Gasteiger partial charge in [-0.2, -0.15) is 0 Å². The number of benzene rings is 8. The first-order valence-electron chi connectivity index (χ1n) is 18.0. The Bertz CT molecular complexity index is 3200. The van der Waals surface area contributed by atoms with Crippen molar-refractivity contribution < 1.29 is 8.83 Å². The average molecular weight is 692 g/mol. The second-order valence-electron chi connectivity index (χ2n) is 13.6. The lowest BCUT2D eigenvalue weighted by atomic mass is 9.94. The number of hydrogen-bond acceptors (Lipinski definition) is 5.